The third kappa shape index (κ3) is 2.71. The number of amides is 1. The lowest BCUT2D eigenvalue weighted by molar-refractivity contribution is -0.141. The van der Waals surface area contributed by atoms with Crippen LogP contribution in [0, 0.1) is 11.3 Å². The molecule has 3 heteroatoms. The van der Waals surface area contributed by atoms with E-state index in [9.17, 15) is 4.79 Å². The summed E-state index contributed by atoms with van der Waals surface area (Å²) in [6.45, 7) is 8.39. The average molecular weight is 198 g/mol. The Labute approximate surface area is 86.6 Å². The highest BCUT2D eigenvalue weighted by Gasteiger charge is 2.30. The first-order valence-corrected chi connectivity index (χ1v) is 5.44. The van der Waals surface area contributed by atoms with Crippen molar-refractivity contribution >= 4 is 5.91 Å². The molecule has 0 aliphatic carbocycles. The predicted molar refractivity (Wildman–Crippen MR) is 57.8 cm³/mol. The molecule has 0 aromatic rings. The Hall–Kier alpha value is -0.570. The molecule has 1 aliphatic heterocycles. The fraction of sp³-hybridized carbons (Fsp3) is 0.909. The monoisotopic (exact) mass is 198 g/mol. The van der Waals surface area contributed by atoms with E-state index in [0.29, 0.717) is 12.5 Å². The largest absolute Gasteiger partial charge is 0.342 e. The number of nitrogens with two attached hydrogens (primary N) is 1. The third-order valence-corrected chi connectivity index (χ3v) is 2.78. The van der Waals surface area contributed by atoms with E-state index in [-0.39, 0.29) is 11.3 Å². The lowest BCUT2D eigenvalue weighted by Crippen LogP contribution is -2.46. The van der Waals surface area contributed by atoms with Gasteiger partial charge in [0.2, 0.25) is 5.91 Å². The van der Waals surface area contributed by atoms with Gasteiger partial charge in [-0.2, -0.15) is 0 Å². The normalized spacial score (nSPS) is 23.7. The molecule has 0 aromatic carbocycles. The number of carbonyl (C=O) groups is 1. The molecule has 2 N–H and O–H groups in total. The Balaban J connectivity index is 2.56. The smallest absolute Gasteiger partial charge is 0.227 e. The molecule has 1 fully saturated rings. The van der Waals surface area contributed by atoms with Crippen LogP contribution in [0.25, 0.3) is 0 Å². The molecule has 1 saturated heterocycles. The highest BCUT2D eigenvalue weighted by atomic mass is 16.2. The van der Waals surface area contributed by atoms with Crippen LogP contribution in [0.2, 0.25) is 0 Å². The van der Waals surface area contributed by atoms with Crippen LogP contribution >= 0.6 is 0 Å². The fourth-order valence-electron chi connectivity index (χ4n) is 1.92. The third-order valence-electron chi connectivity index (χ3n) is 2.78. The van der Waals surface area contributed by atoms with Crippen molar-refractivity contribution in [3.8, 4) is 0 Å². The Morgan fingerprint density at radius 2 is 2.14 bits per heavy atom. The minimum atomic E-state index is -0.253. The van der Waals surface area contributed by atoms with Gasteiger partial charge in [0.15, 0.2) is 0 Å². The van der Waals surface area contributed by atoms with Crippen LogP contribution in [-0.4, -0.2) is 30.4 Å². The predicted octanol–water partition coefficient (Wildman–Crippen LogP) is 1.23. The molecule has 0 radical (unpaired) electrons. The molecular weight excluding hydrogens is 176 g/mol. The summed E-state index contributed by atoms with van der Waals surface area (Å²) in [4.78, 5) is 13.9. The van der Waals surface area contributed by atoms with Crippen LogP contribution in [0.3, 0.4) is 0 Å². The van der Waals surface area contributed by atoms with Gasteiger partial charge in [0, 0.05) is 18.5 Å². The molecule has 14 heavy (non-hydrogen) atoms. The SMILES string of the molecule is CC(C)(C)C(=O)N1CCCC(CN)C1. The lowest BCUT2D eigenvalue weighted by Gasteiger charge is -2.36. The van der Waals surface area contributed by atoms with Crippen molar-refractivity contribution in [2.45, 2.75) is 33.6 Å². The number of nitrogens with zero attached hydrogens (tertiary/aromatic N) is 1. The maximum Gasteiger partial charge on any atom is 0.227 e. The van der Waals surface area contributed by atoms with Crippen LogP contribution in [0.1, 0.15) is 33.6 Å². The number of carbonyl (C=O) groups excluding carboxylic acids is 1. The molecule has 0 aromatic heterocycles. The Morgan fingerprint density at radius 1 is 1.50 bits per heavy atom. The van der Waals surface area contributed by atoms with E-state index in [4.69, 9.17) is 5.73 Å². The van der Waals surface area contributed by atoms with E-state index in [1.807, 2.05) is 25.7 Å². The second-order valence-corrected chi connectivity index (χ2v) is 5.25. The van der Waals surface area contributed by atoms with E-state index in [1.54, 1.807) is 0 Å². The Morgan fingerprint density at radius 3 is 2.64 bits per heavy atom. The lowest BCUT2D eigenvalue weighted by atomic mass is 9.91. The summed E-state index contributed by atoms with van der Waals surface area (Å²) >= 11 is 0. The van der Waals surface area contributed by atoms with Crippen molar-refractivity contribution in [2.75, 3.05) is 19.6 Å². The minimum Gasteiger partial charge on any atom is -0.342 e. The number of piperidine rings is 1. The molecular formula is C11H22N2O. The molecule has 0 saturated carbocycles. The summed E-state index contributed by atoms with van der Waals surface area (Å²) in [6, 6.07) is 0. The summed E-state index contributed by atoms with van der Waals surface area (Å²) < 4.78 is 0. The molecule has 1 rings (SSSR count). The molecule has 82 valence electrons. The van der Waals surface area contributed by atoms with Gasteiger partial charge in [-0.1, -0.05) is 20.8 Å². The number of likely N-dealkylation sites (tertiary alicyclic amines) is 1. The van der Waals surface area contributed by atoms with Gasteiger partial charge in [0.1, 0.15) is 0 Å². The molecule has 1 unspecified atom stereocenters. The van der Waals surface area contributed by atoms with Crippen LogP contribution in [-0.2, 0) is 4.79 Å². The van der Waals surface area contributed by atoms with Crippen LogP contribution < -0.4 is 5.73 Å². The van der Waals surface area contributed by atoms with Crippen molar-refractivity contribution in [3.05, 3.63) is 0 Å². The summed E-state index contributed by atoms with van der Waals surface area (Å²) in [6.07, 6.45) is 2.27. The second-order valence-electron chi connectivity index (χ2n) is 5.25. The van der Waals surface area contributed by atoms with E-state index in [1.165, 1.54) is 6.42 Å². The average Bonchev–Trinajstić information content (AvgIpc) is 2.15. The van der Waals surface area contributed by atoms with Gasteiger partial charge in [-0.25, -0.2) is 0 Å². The summed E-state index contributed by atoms with van der Waals surface area (Å²) in [5, 5.41) is 0. The van der Waals surface area contributed by atoms with E-state index >= 15 is 0 Å². The maximum atomic E-state index is 12.0. The molecule has 1 amide bonds. The first-order valence-electron chi connectivity index (χ1n) is 5.44. The summed E-state index contributed by atoms with van der Waals surface area (Å²) in [5.74, 6) is 0.769. The standard InChI is InChI=1S/C11H22N2O/c1-11(2,3)10(14)13-6-4-5-9(7-12)8-13/h9H,4-8,12H2,1-3H3. The molecule has 1 aliphatic rings. The fourth-order valence-corrected chi connectivity index (χ4v) is 1.92. The van der Waals surface area contributed by atoms with Gasteiger partial charge >= 0.3 is 0 Å². The summed E-state index contributed by atoms with van der Waals surface area (Å²) in [5.41, 5.74) is 5.38. The first kappa shape index (κ1) is 11.5. The Bertz CT molecular complexity index is 208. The minimum absolute atomic E-state index is 0.253. The van der Waals surface area contributed by atoms with E-state index in [2.05, 4.69) is 0 Å². The highest BCUT2D eigenvalue weighted by molar-refractivity contribution is 5.81. The zero-order valence-electron chi connectivity index (χ0n) is 9.55. The van der Waals surface area contributed by atoms with Crippen LogP contribution in [0.15, 0.2) is 0 Å². The first-order chi connectivity index (χ1) is 6.45. The molecule has 1 heterocycles. The molecule has 0 bridgehead atoms. The summed E-state index contributed by atoms with van der Waals surface area (Å²) in [7, 11) is 0. The quantitative estimate of drug-likeness (QED) is 0.689. The van der Waals surface area contributed by atoms with Crippen LogP contribution in [0.5, 0.6) is 0 Å². The van der Waals surface area contributed by atoms with Gasteiger partial charge in [-0.05, 0) is 25.3 Å². The maximum absolute atomic E-state index is 12.0. The highest BCUT2D eigenvalue weighted by Crippen LogP contribution is 2.22. The van der Waals surface area contributed by atoms with Gasteiger partial charge in [-0.3, -0.25) is 4.79 Å². The van der Waals surface area contributed by atoms with E-state index < -0.39 is 0 Å². The van der Waals surface area contributed by atoms with Crippen molar-refractivity contribution in [2.24, 2.45) is 17.1 Å². The van der Waals surface area contributed by atoms with Gasteiger partial charge < -0.3 is 10.6 Å². The molecule has 1 atom stereocenters. The topological polar surface area (TPSA) is 46.3 Å². The molecule has 3 nitrogen and oxygen atoms in total. The zero-order valence-corrected chi connectivity index (χ0v) is 9.55. The number of hydrogen-bond donors (Lipinski definition) is 1. The molecule has 0 spiro atoms. The van der Waals surface area contributed by atoms with Gasteiger partial charge in [0.05, 0.1) is 0 Å². The van der Waals surface area contributed by atoms with Crippen molar-refractivity contribution < 1.29 is 4.79 Å². The van der Waals surface area contributed by atoms with Crippen molar-refractivity contribution in [1.29, 1.82) is 0 Å². The van der Waals surface area contributed by atoms with Crippen molar-refractivity contribution in [1.82, 2.24) is 4.90 Å². The second kappa shape index (κ2) is 4.30. The number of rotatable bonds is 1. The van der Waals surface area contributed by atoms with Crippen molar-refractivity contribution in [3.63, 3.8) is 0 Å². The van der Waals surface area contributed by atoms with Gasteiger partial charge in [0.25, 0.3) is 0 Å². The Kier molecular flexibility index (Phi) is 3.53. The van der Waals surface area contributed by atoms with Crippen LogP contribution in [0.4, 0.5) is 0 Å². The van der Waals surface area contributed by atoms with E-state index in [0.717, 1.165) is 19.5 Å². The number of hydrogen-bond acceptors (Lipinski definition) is 2. The zero-order chi connectivity index (χ0) is 10.8. The van der Waals surface area contributed by atoms with Gasteiger partial charge in [-0.15, -0.1) is 0 Å².